The number of piperazine rings is 1. The second-order valence-corrected chi connectivity index (χ2v) is 8.01. The Balaban J connectivity index is 2.48. The standard InChI is InChI=1S/C12H24N2O3S/c1-5-18(16,17)14-8-6-13(7-9-14)10-11(15)12(2,3)4/h5-10H2,1-4H3. The lowest BCUT2D eigenvalue weighted by Gasteiger charge is -2.34. The third-order valence-corrected chi connectivity index (χ3v) is 5.17. The summed E-state index contributed by atoms with van der Waals surface area (Å²) in [6, 6.07) is 0. The van der Waals surface area contributed by atoms with Crippen molar-refractivity contribution >= 4 is 15.8 Å². The van der Waals surface area contributed by atoms with Gasteiger partial charge < -0.3 is 0 Å². The van der Waals surface area contributed by atoms with Crippen LogP contribution in [0.4, 0.5) is 0 Å². The highest BCUT2D eigenvalue weighted by Crippen LogP contribution is 2.16. The maximum Gasteiger partial charge on any atom is 0.213 e. The lowest BCUT2D eigenvalue weighted by Crippen LogP contribution is -2.51. The average molecular weight is 276 g/mol. The fourth-order valence-corrected chi connectivity index (χ4v) is 2.87. The molecule has 1 saturated heterocycles. The number of nitrogens with zero attached hydrogens (tertiary/aromatic N) is 2. The Labute approximate surface area is 110 Å². The summed E-state index contributed by atoms with van der Waals surface area (Å²) < 4.78 is 24.9. The lowest BCUT2D eigenvalue weighted by molar-refractivity contribution is -0.127. The molecule has 0 aromatic heterocycles. The van der Waals surface area contributed by atoms with Gasteiger partial charge in [0.1, 0.15) is 0 Å². The maximum absolute atomic E-state index is 11.9. The summed E-state index contributed by atoms with van der Waals surface area (Å²) in [5.41, 5.74) is -0.327. The largest absolute Gasteiger partial charge is 0.298 e. The van der Waals surface area contributed by atoms with Gasteiger partial charge in [-0.25, -0.2) is 8.42 Å². The van der Waals surface area contributed by atoms with Gasteiger partial charge in [0.15, 0.2) is 5.78 Å². The van der Waals surface area contributed by atoms with E-state index in [2.05, 4.69) is 0 Å². The SMILES string of the molecule is CCS(=O)(=O)N1CCN(CC(=O)C(C)(C)C)CC1. The second kappa shape index (κ2) is 5.67. The Morgan fingerprint density at radius 1 is 1.11 bits per heavy atom. The first-order chi connectivity index (χ1) is 8.16. The molecule has 0 N–H and O–H groups in total. The van der Waals surface area contributed by atoms with Crippen LogP contribution in [0.25, 0.3) is 0 Å². The predicted octanol–water partition coefficient (Wildman–Crippen LogP) is 0.569. The number of sulfonamides is 1. The molecule has 5 nitrogen and oxygen atoms in total. The van der Waals surface area contributed by atoms with Gasteiger partial charge >= 0.3 is 0 Å². The molecule has 0 bridgehead atoms. The summed E-state index contributed by atoms with van der Waals surface area (Å²) in [7, 11) is -3.08. The number of carbonyl (C=O) groups is 1. The maximum atomic E-state index is 11.9. The van der Waals surface area contributed by atoms with Crippen LogP contribution in [-0.4, -0.2) is 61.9 Å². The molecule has 0 aliphatic carbocycles. The Hall–Kier alpha value is -0.460. The Kier molecular flexibility index (Phi) is 4.91. The molecular formula is C12H24N2O3S. The highest BCUT2D eigenvalue weighted by molar-refractivity contribution is 7.89. The van der Waals surface area contributed by atoms with Crippen LogP contribution < -0.4 is 0 Å². The first-order valence-corrected chi connectivity index (χ1v) is 8.01. The Morgan fingerprint density at radius 3 is 2.00 bits per heavy atom. The van der Waals surface area contributed by atoms with Crippen molar-refractivity contribution in [3.8, 4) is 0 Å². The number of ketones is 1. The van der Waals surface area contributed by atoms with Gasteiger partial charge in [-0.3, -0.25) is 9.69 Å². The highest BCUT2D eigenvalue weighted by Gasteiger charge is 2.28. The molecule has 0 aromatic rings. The molecule has 0 unspecified atom stereocenters. The zero-order chi connectivity index (χ0) is 14.0. The van der Waals surface area contributed by atoms with E-state index in [-0.39, 0.29) is 17.0 Å². The van der Waals surface area contributed by atoms with Crippen LogP contribution in [-0.2, 0) is 14.8 Å². The fraction of sp³-hybridized carbons (Fsp3) is 0.917. The van der Waals surface area contributed by atoms with Gasteiger partial charge in [0.25, 0.3) is 0 Å². The van der Waals surface area contributed by atoms with Crippen molar-refractivity contribution in [2.45, 2.75) is 27.7 Å². The number of Topliss-reactive ketones (excluding diaryl/α,β-unsaturated/α-hetero) is 1. The molecule has 0 radical (unpaired) electrons. The third kappa shape index (κ3) is 4.03. The van der Waals surface area contributed by atoms with Crippen LogP contribution in [0.5, 0.6) is 0 Å². The van der Waals surface area contributed by atoms with Crippen LogP contribution in [0, 0.1) is 5.41 Å². The van der Waals surface area contributed by atoms with Crippen molar-refractivity contribution < 1.29 is 13.2 Å². The molecule has 1 rings (SSSR count). The Morgan fingerprint density at radius 2 is 1.61 bits per heavy atom. The molecule has 0 aromatic carbocycles. The summed E-state index contributed by atoms with van der Waals surface area (Å²) in [5.74, 6) is 0.350. The van der Waals surface area contributed by atoms with E-state index in [1.54, 1.807) is 6.92 Å². The summed E-state index contributed by atoms with van der Waals surface area (Å²) in [6.07, 6.45) is 0. The van der Waals surface area contributed by atoms with E-state index in [0.29, 0.717) is 32.7 Å². The molecule has 6 heteroatoms. The van der Waals surface area contributed by atoms with Crippen LogP contribution in [0.2, 0.25) is 0 Å². The number of hydrogen-bond donors (Lipinski definition) is 0. The summed E-state index contributed by atoms with van der Waals surface area (Å²) in [6.45, 7) is 10.1. The van der Waals surface area contributed by atoms with Gasteiger partial charge in [-0.1, -0.05) is 20.8 Å². The molecular weight excluding hydrogens is 252 g/mol. The van der Waals surface area contributed by atoms with Crippen LogP contribution in [0.1, 0.15) is 27.7 Å². The Bertz CT molecular complexity index is 390. The quantitative estimate of drug-likeness (QED) is 0.753. The molecule has 1 fully saturated rings. The van der Waals surface area contributed by atoms with Gasteiger partial charge in [-0.05, 0) is 6.92 Å². The van der Waals surface area contributed by atoms with Crippen molar-refractivity contribution in [2.24, 2.45) is 5.41 Å². The van der Waals surface area contributed by atoms with Crippen LogP contribution >= 0.6 is 0 Å². The molecule has 18 heavy (non-hydrogen) atoms. The highest BCUT2D eigenvalue weighted by atomic mass is 32.2. The minimum Gasteiger partial charge on any atom is -0.298 e. The molecule has 0 saturated carbocycles. The van der Waals surface area contributed by atoms with Crippen molar-refractivity contribution in [1.29, 1.82) is 0 Å². The smallest absolute Gasteiger partial charge is 0.213 e. The van der Waals surface area contributed by atoms with Crippen molar-refractivity contribution in [2.75, 3.05) is 38.5 Å². The second-order valence-electron chi connectivity index (χ2n) is 5.75. The molecule has 1 heterocycles. The van der Waals surface area contributed by atoms with E-state index in [0.717, 1.165) is 0 Å². The normalized spacial score (nSPS) is 20.0. The van der Waals surface area contributed by atoms with Gasteiger partial charge in [0.05, 0.1) is 12.3 Å². The topological polar surface area (TPSA) is 57.7 Å². The number of rotatable bonds is 4. The van der Waals surface area contributed by atoms with E-state index < -0.39 is 10.0 Å². The first kappa shape index (κ1) is 15.6. The van der Waals surface area contributed by atoms with Gasteiger partial charge in [-0.15, -0.1) is 0 Å². The van der Waals surface area contributed by atoms with E-state index in [1.165, 1.54) is 4.31 Å². The monoisotopic (exact) mass is 276 g/mol. The van der Waals surface area contributed by atoms with Crippen LogP contribution in [0.15, 0.2) is 0 Å². The zero-order valence-electron chi connectivity index (χ0n) is 11.8. The van der Waals surface area contributed by atoms with Crippen molar-refractivity contribution in [3.63, 3.8) is 0 Å². The molecule has 0 atom stereocenters. The summed E-state index contributed by atoms with van der Waals surface area (Å²) in [5, 5.41) is 0. The minimum absolute atomic E-state index is 0.147. The number of carbonyl (C=O) groups excluding carboxylic acids is 1. The molecule has 106 valence electrons. The first-order valence-electron chi connectivity index (χ1n) is 6.40. The van der Waals surface area contributed by atoms with E-state index in [1.807, 2.05) is 25.7 Å². The molecule has 0 spiro atoms. The minimum atomic E-state index is -3.08. The van der Waals surface area contributed by atoms with E-state index in [4.69, 9.17) is 0 Å². The van der Waals surface area contributed by atoms with Crippen LogP contribution in [0.3, 0.4) is 0 Å². The summed E-state index contributed by atoms with van der Waals surface area (Å²) in [4.78, 5) is 13.9. The predicted molar refractivity (Wildman–Crippen MR) is 71.9 cm³/mol. The van der Waals surface area contributed by atoms with Gasteiger partial charge in [0.2, 0.25) is 10.0 Å². The van der Waals surface area contributed by atoms with Crippen molar-refractivity contribution in [1.82, 2.24) is 9.21 Å². The van der Waals surface area contributed by atoms with E-state index in [9.17, 15) is 13.2 Å². The molecule has 0 amide bonds. The summed E-state index contributed by atoms with van der Waals surface area (Å²) >= 11 is 0. The fourth-order valence-electron chi connectivity index (χ4n) is 1.79. The number of hydrogen-bond acceptors (Lipinski definition) is 4. The zero-order valence-corrected chi connectivity index (χ0v) is 12.6. The van der Waals surface area contributed by atoms with Gasteiger partial charge in [0, 0.05) is 31.6 Å². The third-order valence-electron chi connectivity index (χ3n) is 3.29. The van der Waals surface area contributed by atoms with E-state index >= 15 is 0 Å². The average Bonchev–Trinajstić information content (AvgIpc) is 2.28. The lowest BCUT2D eigenvalue weighted by atomic mass is 9.90. The molecule has 1 aliphatic heterocycles. The van der Waals surface area contributed by atoms with Gasteiger partial charge in [-0.2, -0.15) is 4.31 Å². The molecule has 1 aliphatic rings. The van der Waals surface area contributed by atoms with Crippen molar-refractivity contribution in [3.05, 3.63) is 0 Å².